The Bertz CT molecular complexity index is 1180. The van der Waals surface area contributed by atoms with E-state index < -0.39 is 5.41 Å². The van der Waals surface area contributed by atoms with Crippen LogP contribution in [-0.4, -0.2) is 73.2 Å². The molecule has 1 aromatic carbocycles. The maximum Gasteiger partial charge on any atom is 0.409 e. The molecule has 2 aromatic rings. The molecular weight excluding hydrogens is 510 g/mol. The van der Waals surface area contributed by atoms with Crippen LogP contribution in [0.15, 0.2) is 30.3 Å². The number of nitrogens with zero attached hydrogens (tertiary/aromatic N) is 3. The fraction of sp³-hybridized carbons (Fsp3) is 0.633. The van der Waals surface area contributed by atoms with Crippen LogP contribution >= 0.6 is 11.3 Å². The first kappa shape index (κ1) is 26.6. The van der Waals surface area contributed by atoms with Gasteiger partial charge in [-0.25, -0.2) is 9.78 Å². The smallest absolute Gasteiger partial charge is 0.409 e. The third kappa shape index (κ3) is 4.82. The van der Waals surface area contributed by atoms with Crippen molar-refractivity contribution in [3.63, 3.8) is 0 Å². The predicted octanol–water partition coefficient (Wildman–Crippen LogP) is 4.58. The van der Waals surface area contributed by atoms with Crippen molar-refractivity contribution in [2.24, 2.45) is 11.8 Å². The van der Waals surface area contributed by atoms with Crippen molar-refractivity contribution in [3.8, 4) is 0 Å². The summed E-state index contributed by atoms with van der Waals surface area (Å²) in [5, 5.41) is 7.57. The van der Waals surface area contributed by atoms with Crippen molar-refractivity contribution >= 4 is 28.5 Å². The molecule has 4 aliphatic rings. The minimum Gasteiger partial charge on any atom is -0.453 e. The lowest BCUT2D eigenvalue weighted by Crippen LogP contribution is -2.58. The summed E-state index contributed by atoms with van der Waals surface area (Å²) in [6, 6.07) is 11.1. The van der Waals surface area contributed by atoms with Crippen molar-refractivity contribution in [1.29, 1.82) is 0 Å². The van der Waals surface area contributed by atoms with Crippen LogP contribution in [0.4, 0.5) is 9.93 Å². The van der Waals surface area contributed by atoms with E-state index in [9.17, 15) is 9.59 Å². The lowest BCUT2D eigenvalue weighted by molar-refractivity contribution is -0.143. The van der Waals surface area contributed by atoms with E-state index in [1.165, 1.54) is 44.8 Å². The molecule has 9 heteroatoms. The Morgan fingerprint density at radius 2 is 1.95 bits per heavy atom. The topological polar surface area (TPSA) is 86.8 Å². The third-order valence-electron chi connectivity index (χ3n) is 9.76. The summed E-state index contributed by atoms with van der Waals surface area (Å²) in [5.74, 6) is 1.06. The van der Waals surface area contributed by atoms with Crippen LogP contribution in [-0.2, 0) is 21.5 Å². The lowest BCUT2D eigenvalue weighted by atomic mass is 9.71. The number of hydrogen-bond acceptors (Lipinski definition) is 7. The number of piperidine rings is 1. The maximum absolute atomic E-state index is 14.7. The number of ether oxygens (including phenoxy) is 1. The zero-order valence-corrected chi connectivity index (χ0v) is 24.0. The first-order chi connectivity index (χ1) is 19.0. The highest BCUT2D eigenvalue weighted by Gasteiger charge is 2.56. The van der Waals surface area contributed by atoms with E-state index in [2.05, 4.69) is 45.9 Å². The number of carbonyl (C=O) groups is 2. The number of anilines is 1. The average Bonchev–Trinajstić information content (AvgIpc) is 3.62. The molecule has 0 bridgehead atoms. The largest absolute Gasteiger partial charge is 0.453 e. The molecule has 2 saturated heterocycles. The fourth-order valence-corrected chi connectivity index (χ4v) is 8.97. The quantitative estimate of drug-likeness (QED) is 0.579. The highest BCUT2D eigenvalue weighted by atomic mass is 32.1. The molecule has 3 aliphatic heterocycles. The minimum atomic E-state index is -0.501. The van der Waals surface area contributed by atoms with Crippen LogP contribution < -0.4 is 10.6 Å². The summed E-state index contributed by atoms with van der Waals surface area (Å²) in [5.41, 5.74) is 1.78. The van der Waals surface area contributed by atoms with Gasteiger partial charge in [0.05, 0.1) is 25.3 Å². The second-order valence-corrected chi connectivity index (χ2v) is 12.8. The molecule has 0 radical (unpaired) electrons. The highest BCUT2D eigenvalue weighted by Crippen LogP contribution is 2.48. The molecule has 1 aromatic heterocycles. The Balaban J connectivity index is 1.33. The van der Waals surface area contributed by atoms with Crippen molar-refractivity contribution in [3.05, 3.63) is 46.5 Å². The second kappa shape index (κ2) is 11.1. The van der Waals surface area contributed by atoms with Crippen molar-refractivity contribution < 1.29 is 14.3 Å². The molecule has 2 amide bonds. The number of aromatic nitrogens is 1. The van der Waals surface area contributed by atoms with Crippen LogP contribution in [0.5, 0.6) is 0 Å². The van der Waals surface area contributed by atoms with Gasteiger partial charge in [0.1, 0.15) is 0 Å². The zero-order valence-electron chi connectivity index (χ0n) is 23.2. The lowest BCUT2D eigenvalue weighted by Gasteiger charge is -2.48. The zero-order chi connectivity index (χ0) is 27.0. The van der Waals surface area contributed by atoms with Gasteiger partial charge in [-0.15, -0.1) is 11.3 Å². The number of likely N-dealkylation sites (tertiary alicyclic amines) is 1. The van der Waals surface area contributed by atoms with Gasteiger partial charge < -0.3 is 25.2 Å². The van der Waals surface area contributed by atoms with E-state index in [0.717, 1.165) is 35.1 Å². The highest BCUT2D eigenvalue weighted by molar-refractivity contribution is 7.15. The SMILES string of the molecule is CNc1nc2c(s1)[C@@]1(CNC[C@H]1C(=O)N1CC[C@@H](c3ccccc3)C[C@H]1C1CCCCC1)CN(C(=O)OC)C2. The van der Waals surface area contributed by atoms with Gasteiger partial charge in [-0.1, -0.05) is 49.6 Å². The molecule has 2 N–H and O–H groups in total. The summed E-state index contributed by atoms with van der Waals surface area (Å²) in [6.07, 6.45) is 7.93. The standard InChI is InChI=1S/C30H41N5O3S/c1-31-28-33-24-17-34(29(37)38-2)19-30(26(24)39-28)18-32-16-23(30)27(36)35-14-13-22(20-9-5-3-6-10-20)15-25(35)21-11-7-4-8-12-21/h3,5-6,9-10,21-23,25,32H,4,7-8,11-19H2,1-2H3,(H,31,33)/t22-,23+,25+,30+/m1/s1. The molecule has 3 fully saturated rings. The third-order valence-corrected chi connectivity index (χ3v) is 11.1. The van der Waals surface area contributed by atoms with Crippen molar-refractivity contribution in [2.45, 2.75) is 68.9 Å². The van der Waals surface area contributed by atoms with Gasteiger partial charge in [0, 0.05) is 49.6 Å². The minimum absolute atomic E-state index is 0.242. The molecular formula is C30H41N5O3S. The number of benzene rings is 1. The number of nitrogens with one attached hydrogen (secondary N) is 2. The molecule has 8 nitrogen and oxygen atoms in total. The van der Waals surface area contributed by atoms with Crippen molar-refractivity contribution in [1.82, 2.24) is 20.1 Å². The Kier molecular flexibility index (Phi) is 7.55. The monoisotopic (exact) mass is 551 g/mol. The fourth-order valence-electron chi connectivity index (χ4n) is 7.81. The Morgan fingerprint density at radius 1 is 1.15 bits per heavy atom. The van der Waals surface area contributed by atoms with Crippen LogP contribution in [0.3, 0.4) is 0 Å². The van der Waals surface area contributed by atoms with Gasteiger partial charge in [-0.05, 0) is 43.1 Å². The van der Waals surface area contributed by atoms with Gasteiger partial charge >= 0.3 is 6.09 Å². The normalized spacial score (nSPS) is 29.3. The number of methoxy groups -OCH3 is 1. The van der Waals surface area contributed by atoms with Gasteiger partial charge in [-0.3, -0.25) is 4.79 Å². The summed E-state index contributed by atoms with van der Waals surface area (Å²) >= 11 is 1.64. The second-order valence-electron chi connectivity index (χ2n) is 11.8. The molecule has 1 spiro atoms. The molecule has 4 atom stereocenters. The van der Waals surface area contributed by atoms with Gasteiger partial charge in [0.15, 0.2) is 5.13 Å². The van der Waals surface area contributed by atoms with E-state index >= 15 is 0 Å². The number of hydrogen-bond donors (Lipinski definition) is 2. The van der Waals surface area contributed by atoms with Gasteiger partial charge in [-0.2, -0.15) is 0 Å². The van der Waals surface area contributed by atoms with Crippen LogP contribution in [0.1, 0.15) is 67.0 Å². The Hall–Kier alpha value is -2.65. The first-order valence-corrected chi connectivity index (χ1v) is 15.4. The molecule has 6 rings (SSSR count). The van der Waals surface area contributed by atoms with Crippen LogP contribution in [0, 0.1) is 11.8 Å². The number of fused-ring (bicyclic) bond motifs is 2. The van der Waals surface area contributed by atoms with E-state index in [0.29, 0.717) is 38.0 Å². The first-order valence-electron chi connectivity index (χ1n) is 14.6. The summed E-state index contributed by atoms with van der Waals surface area (Å²) in [6.45, 7) is 2.95. The van der Waals surface area contributed by atoms with Crippen LogP contribution in [0.2, 0.25) is 0 Å². The van der Waals surface area contributed by atoms with E-state index in [1.807, 2.05) is 7.05 Å². The van der Waals surface area contributed by atoms with Crippen molar-refractivity contribution in [2.75, 3.05) is 45.7 Å². The van der Waals surface area contributed by atoms with Gasteiger partial charge in [0.2, 0.25) is 5.91 Å². The maximum atomic E-state index is 14.7. The molecule has 1 saturated carbocycles. The Morgan fingerprint density at radius 3 is 2.69 bits per heavy atom. The Labute approximate surface area is 235 Å². The summed E-state index contributed by atoms with van der Waals surface area (Å²) < 4.78 is 5.13. The van der Waals surface area contributed by atoms with Crippen LogP contribution in [0.25, 0.3) is 0 Å². The molecule has 1 aliphatic carbocycles. The molecule has 39 heavy (non-hydrogen) atoms. The number of amides is 2. The number of rotatable bonds is 4. The van der Waals surface area contributed by atoms with Gasteiger partial charge in [0.25, 0.3) is 0 Å². The number of carbonyl (C=O) groups excluding carboxylic acids is 2. The molecule has 4 heterocycles. The summed E-state index contributed by atoms with van der Waals surface area (Å²) in [4.78, 5) is 37.4. The predicted molar refractivity (Wildman–Crippen MR) is 153 cm³/mol. The molecule has 0 unspecified atom stereocenters. The van der Waals surface area contributed by atoms with E-state index in [4.69, 9.17) is 9.72 Å². The van der Waals surface area contributed by atoms with E-state index in [1.54, 1.807) is 16.2 Å². The summed E-state index contributed by atoms with van der Waals surface area (Å²) in [7, 11) is 3.29. The van der Waals surface area contributed by atoms with E-state index in [-0.39, 0.29) is 24.0 Å². The number of thiazole rings is 1. The molecule has 210 valence electrons. The average molecular weight is 552 g/mol.